The molecule has 1 aliphatic heterocycles. The van der Waals surface area contributed by atoms with Crippen LogP contribution in [-0.4, -0.2) is 53.5 Å². The molecule has 10 nitrogen and oxygen atoms in total. The number of hydrogen-bond donors (Lipinski definition) is 2. The van der Waals surface area contributed by atoms with Crippen molar-refractivity contribution < 1.29 is 28.7 Å². The number of rotatable bonds is 15. The van der Waals surface area contributed by atoms with Crippen molar-refractivity contribution in [2.45, 2.75) is 58.7 Å². The molecule has 11 heteroatoms. The maximum atomic E-state index is 13.5. The lowest BCUT2D eigenvalue weighted by atomic mass is 9.94. The molecule has 51 heavy (non-hydrogen) atoms. The molecule has 5 rings (SSSR count). The number of urea groups is 1. The number of hydrogen-bond acceptors (Lipinski definition) is 6. The van der Waals surface area contributed by atoms with Gasteiger partial charge in [-0.25, -0.2) is 14.4 Å². The highest BCUT2D eigenvalue weighted by molar-refractivity contribution is 6.31. The van der Waals surface area contributed by atoms with E-state index in [1.165, 1.54) is 7.11 Å². The predicted molar refractivity (Wildman–Crippen MR) is 196 cm³/mol. The van der Waals surface area contributed by atoms with Crippen molar-refractivity contribution >= 4 is 35.5 Å². The first kappa shape index (κ1) is 36.9. The Morgan fingerprint density at radius 1 is 0.863 bits per heavy atom. The number of esters is 2. The minimum Gasteiger partial charge on any atom is -0.465 e. The van der Waals surface area contributed by atoms with E-state index in [1.807, 2.05) is 84.3 Å². The van der Waals surface area contributed by atoms with Crippen LogP contribution in [0.5, 0.6) is 0 Å². The standard InChI is InChI=1S/C40H43ClN4O6/c1-27-32(38(47)50-3)25-34(30-17-9-5-10-18-30)44(27)24-22-42-35(46)21-11-6-14-23-45-28(2)36(39(48)51-26-29-15-7-4-8-16-29)37(43-40(45)49)31-19-12-13-20-33(31)41/h4-5,7-10,12-13,15-20,25,37H,6,11,14,21-24,26H2,1-3H3,(H,42,46)(H,43,49). The third kappa shape index (κ3) is 9.07. The summed E-state index contributed by atoms with van der Waals surface area (Å²) in [5, 5.41) is 6.38. The topological polar surface area (TPSA) is 119 Å². The second-order valence-electron chi connectivity index (χ2n) is 12.3. The van der Waals surface area contributed by atoms with Crippen molar-refractivity contribution in [3.8, 4) is 11.3 Å². The lowest BCUT2D eigenvalue weighted by Gasteiger charge is -2.35. The van der Waals surface area contributed by atoms with Crippen LogP contribution in [0.25, 0.3) is 11.3 Å². The van der Waals surface area contributed by atoms with Gasteiger partial charge in [0.25, 0.3) is 0 Å². The van der Waals surface area contributed by atoms with Gasteiger partial charge >= 0.3 is 18.0 Å². The SMILES string of the molecule is COC(=O)c1cc(-c2ccccc2)n(CCNC(=O)CCCCCN2C(=O)NC(c3ccccc3Cl)C(C(=O)OCc3ccccc3)=C2C)c1C. The van der Waals surface area contributed by atoms with E-state index in [1.54, 1.807) is 30.0 Å². The normalized spacial score (nSPS) is 14.2. The summed E-state index contributed by atoms with van der Waals surface area (Å²) in [5.41, 5.74) is 5.39. The summed E-state index contributed by atoms with van der Waals surface area (Å²) >= 11 is 6.51. The largest absolute Gasteiger partial charge is 0.465 e. The third-order valence-electron chi connectivity index (χ3n) is 9.03. The molecule has 2 N–H and O–H groups in total. The van der Waals surface area contributed by atoms with E-state index in [0.29, 0.717) is 72.7 Å². The molecule has 2 heterocycles. The first-order valence-electron chi connectivity index (χ1n) is 17.0. The highest BCUT2D eigenvalue weighted by Gasteiger charge is 2.37. The molecule has 4 aromatic rings. The Balaban J connectivity index is 1.16. The number of carbonyl (C=O) groups excluding carboxylic acids is 4. The minimum atomic E-state index is -0.763. The van der Waals surface area contributed by atoms with Crippen LogP contribution in [-0.2, 0) is 32.2 Å². The summed E-state index contributed by atoms with van der Waals surface area (Å²) in [5.74, 6) is -1.01. The Bertz CT molecular complexity index is 1890. The van der Waals surface area contributed by atoms with E-state index >= 15 is 0 Å². The zero-order chi connectivity index (χ0) is 36.3. The van der Waals surface area contributed by atoms with Crippen LogP contribution in [0.1, 0.15) is 65.8 Å². The third-order valence-corrected chi connectivity index (χ3v) is 9.37. The summed E-state index contributed by atoms with van der Waals surface area (Å²) in [6, 6.07) is 27.0. The fourth-order valence-corrected chi connectivity index (χ4v) is 6.53. The average Bonchev–Trinajstić information content (AvgIpc) is 3.47. The smallest absolute Gasteiger partial charge is 0.339 e. The van der Waals surface area contributed by atoms with Crippen LogP contribution < -0.4 is 10.6 Å². The molecule has 0 spiro atoms. The molecular weight excluding hydrogens is 668 g/mol. The zero-order valence-electron chi connectivity index (χ0n) is 29.1. The minimum absolute atomic E-state index is 0.0768. The second kappa shape index (κ2) is 17.5. The Labute approximate surface area is 303 Å². The number of amides is 3. The number of nitrogens with zero attached hydrogens (tertiary/aromatic N) is 2. The summed E-state index contributed by atoms with van der Waals surface area (Å²) in [6.07, 6.45) is 2.28. The summed E-state index contributed by atoms with van der Waals surface area (Å²) in [7, 11) is 1.36. The van der Waals surface area contributed by atoms with E-state index in [2.05, 4.69) is 10.6 Å². The van der Waals surface area contributed by atoms with Crippen LogP contribution in [0.15, 0.2) is 102 Å². The van der Waals surface area contributed by atoms with Crippen molar-refractivity contribution in [1.82, 2.24) is 20.1 Å². The van der Waals surface area contributed by atoms with Gasteiger partial charge in [-0.3, -0.25) is 9.69 Å². The van der Waals surface area contributed by atoms with Gasteiger partial charge < -0.3 is 24.7 Å². The number of aromatic nitrogens is 1. The Kier molecular flexibility index (Phi) is 12.7. The van der Waals surface area contributed by atoms with Gasteiger partial charge in [-0.1, -0.05) is 96.9 Å². The molecule has 0 bridgehead atoms. The van der Waals surface area contributed by atoms with Gasteiger partial charge in [0, 0.05) is 48.2 Å². The molecule has 3 amide bonds. The lowest BCUT2D eigenvalue weighted by molar-refractivity contribution is -0.141. The number of unbranched alkanes of at least 4 members (excludes halogenated alkanes) is 2. The fraction of sp³-hybridized carbons (Fsp3) is 0.300. The molecule has 0 fully saturated rings. The van der Waals surface area contributed by atoms with Crippen molar-refractivity contribution in [2.75, 3.05) is 20.2 Å². The number of ether oxygens (including phenoxy) is 2. The quantitative estimate of drug-likeness (QED) is 0.0983. The maximum absolute atomic E-state index is 13.5. The van der Waals surface area contributed by atoms with Gasteiger partial charge in [0.05, 0.1) is 24.3 Å². The number of carbonyl (C=O) groups is 4. The van der Waals surface area contributed by atoms with Crippen molar-refractivity contribution in [1.29, 1.82) is 0 Å². The maximum Gasteiger partial charge on any atom is 0.339 e. The number of allylic oxidation sites excluding steroid dienone is 1. The average molecular weight is 711 g/mol. The van der Waals surface area contributed by atoms with Crippen LogP contribution in [0.3, 0.4) is 0 Å². The van der Waals surface area contributed by atoms with Gasteiger partial charge in [0.1, 0.15) is 6.61 Å². The van der Waals surface area contributed by atoms with Crippen molar-refractivity contribution in [3.63, 3.8) is 0 Å². The molecule has 1 atom stereocenters. The van der Waals surface area contributed by atoms with E-state index in [0.717, 1.165) is 22.5 Å². The van der Waals surface area contributed by atoms with Gasteiger partial charge in [-0.15, -0.1) is 0 Å². The predicted octanol–water partition coefficient (Wildman–Crippen LogP) is 7.36. The van der Waals surface area contributed by atoms with E-state index < -0.39 is 18.0 Å². The van der Waals surface area contributed by atoms with Crippen molar-refractivity contribution in [2.24, 2.45) is 0 Å². The molecule has 1 aliphatic rings. The Hall–Kier alpha value is -5.35. The van der Waals surface area contributed by atoms with Gasteiger partial charge in [0.15, 0.2) is 0 Å². The molecule has 0 saturated heterocycles. The highest BCUT2D eigenvalue weighted by Crippen LogP contribution is 2.35. The number of methoxy groups -OCH3 is 1. The number of nitrogens with one attached hydrogen (secondary N) is 2. The van der Waals surface area contributed by atoms with Crippen LogP contribution in [0.2, 0.25) is 5.02 Å². The summed E-state index contributed by atoms with van der Waals surface area (Å²) in [6.45, 7) is 4.95. The Morgan fingerprint density at radius 2 is 1.55 bits per heavy atom. The van der Waals surface area contributed by atoms with Gasteiger partial charge in [-0.05, 0) is 55.5 Å². The number of benzene rings is 3. The zero-order valence-corrected chi connectivity index (χ0v) is 29.9. The van der Waals surface area contributed by atoms with Crippen LogP contribution in [0.4, 0.5) is 4.79 Å². The molecular formula is C40H43ClN4O6. The lowest BCUT2D eigenvalue weighted by Crippen LogP contribution is -2.48. The fourth-order valence-electron chi connectivity index (χ4n) is 6.28. The monoisotopic (exact) mass is 710 g/mol. The first-order chi connectivity index (χ1) is 24.7. The van der Waals surface area contributed by atoms with Gasteiger partial charge in [-0.2, -0.15) is 0 Å². The van der Waals surface area contributed by atoms with E-state index in [4.69, 9.17) is 21.1 Å². The first-order valence-corrected chi connectivity index (χ1v) is 17.4. The molecule has 1 aromatic heterocycles. The van der Waals surface area contributed by atoms with Crippen LogP contribution in [0, 0.1) is 6.92 Å². The Morgan fingerprint density at radius 3 is 2.25 bits per heavy atom. The van der Waals surface area contributed by atoms with Crippen LogP contribution >= 0.6 is 11.6 Å². The number of halogens is 1. The van der Waals surface area contributed by atoms with Gasteiger partial charge in [0.2, 0.25) is 5.91 Å². The van der Waals surface area contributed by atoms with E-state index in [9.17, 15) is 19.2 Å². The molecule has 0 saturated carbocycles. The molecule has 0 radical (unpaired) electrons. The molecule has 266 valence electrons. The van der Waals surface area contributed by atoms with Crippen molar-refractivity contribution in [3.05, 3.63) is 130 Å². The summed E-state index contributed by atoms with van der Waals surface area (Å²) in [4.78, 5) is 53.6. The molecule has 1 unspecified atom stereocenters. The molecule has 0 aliphatic carbocycles. The summed E-state index contributed by atoms with van der Waals surface area (Å²) < 4.78 is 12.7. The highest BCUT2D eigenvalue weighted by atomic mass is 35.5. The molecule has 3 aromatic carbocycles. The van der Waals surface area contributed by atoms with E-state index in [-0.39, 0.29) is 18.5 Å². The second-order valence-corrected chi connectivity index (χ2v) is 12.7.